The molecule has 0 spiro atoms. The highest BCUT2D eigenvalue weighted by atomic mass is 16.5. The molecule has 1 aromatic carbocycles. The number of fused-ring (bicyclic) bond motifs is 1. The second kappa shape index (κ2) is 6.12. The zero-order valence-electron chi connectivity index (χ0n) is 14.1. The van der Waals surface area contributed by atoms with Crippen molar-refractivity contribution in [1.82, 2.24) is 9.55 Å². The highest BCUT2D eigenvalue weighted by Crippen LogP contribution is 2.33. The van der Waals surface area contributed by atoms with E-state index in [4.69, 9.17) is 10.5 Å². The smallest absolute Gasteiger partial charge is 0.252 e. The van der Waals surface area contributed by atoms with Crippen molar-refractivity contribution in [3.63, 3.8) is 0 Å². The van der Waals surface area contributed by atoms with Crippen LogP contribution in [-0.4, -0.2) is 35.7 Å². The Hall–Kier alpha value is -3.02. The number of ether oxygens (including phenoxy) is 1. The molecule has 0 atom stereocenters. The SMILES string of the molecule is COc1ccc(-n2ccc3c(N4CCCC4)c(C(N)=O)cnc32)cc1. The number of carbonyl (C=O) groups is 1. The molecule has 3 aromatic rings. The average Bonchev–Trinajstić information content (AvgIpc) is 3.30. The summed E-state index contributed by atoms with van der Waals surface area (Å²) in [5.74, 6) is 0.371. The van der Waals surface area contributed by atoms with Gasteiger partial charge in [0.2, 0.25) is 0 Å². The van der Waals surface area contributed by atoms with E-state index in [9.17, 15) is 4.79 Å². The topological polar surface area (TPSA) is 73.4 Å². The minimum Gasteiger partial charge on any atom is -0.497 e. The van der Waals surface area contributed by atoms with Crippen molar-refractivity contribution in [2.45, 2.75) is 12.8 Å². The van der Waals surface area contributed by atoms with Gasteiger partial charge in [0.15, 0.2) is 0 Å². The fraction of sp³-hybridized carbons (Fsp3) is 0.263. The summed E-state index contributed by atoms with van der Waals surface area (Å²) in [4.78, 5) is 18.7. The normalized spacial score (nSPS) is 14.2. The molecule has 2 aromatic heterocycles. The molecule has 1 aliphatic rings. The number of benzene rings is 1. The van der Waals surface area contributed by atoms with E-state index in [-0.39, 0.29) is 0 Å². The Kier molecular flexibility index (Phi) is 3.80. The molecule has 3 heterocycles. The van der Waals surface area contributed by atoms with Gasteiger partial charge < -0.3 is 19.9 Å². The molecule has 0 bridgehead atoms. The molecule has 128 valence electrons. The third-order valence-corrected chi connectivity index (χ3v) is 4.72. The fourth-order valence-corrected chi connectivity index (χ4v) is 3.49. The molecule has 25 heavy (non-hydrogen) atoms. The maximum absolute atomic E-state index is 11.9. The number of carbonyl (C=O) groups excluding carboxylic acids is 1. The first kappa shape index (κ1) is 15.5. The van der Waals surface area contributed by atoms with E-state index in [1.54, 1.807) is 13.3 Å². The molecular formula is C19H20N4O2. The van der Waals surface area contributed by atoms with Crippen LogP contribution in [0.25, 0.3) is 16.7 Å². The van der Waals surface area contributed by atoms with Crippen molar-refractivity contribution in [2.75, 3.05) is 25.1 Å². The van der Waals surface area contributed by atoms with Gasteiger partial charge in [0.1, 0.15) is 11.4 Å². The van der Waals surface area contributed by atoms with Gasteiger partial charge in [-0.25, -0.2) is 4.98 Å². The minimum absolute atomic E-state index is 0.437. The summed E-state index contributed by atoms with van der Waals surface area (Å²) in [7, 11) is 1.65. The van der Waals surface area contributed by atoms with Gasteiger partial charge in [0.25, 0.3) is 5.91 Å². The van der Waals surface area contributed by atoms with Crippen LogP contribution in [0.4, 0.5) is 5.69 Å². The lowest BCUT2D eigenvalue weighted by Crippen LogP contribution is -2.23. The first-order valence-electron chi connectivity index (χ1n) is 8.38. The predicted molar refractivity (Wildman–Crippen MR) is 97.6 cm³/mol. The van der Waals surface area contributed by atoms with Gasteiger partial charge in [-0.2, -0.15) is 0 Å². The van der Waals surface area contributed by atoms with E-state index in [1.807, 2.05) is 41.1 Å². The summed E-state index contributed by atoms with van der Waals surface area (Å²) in [6.45, 7) is 1.88. The third kappa shape index (κ3) is 2.59. The first-order chi connectivity index (χ1) is 12.2. The lowest BCUT2D eigenvalue weighted by atomic mass is 10.1. The number of nitrogens with two attached hydrogens (primary N) is 1. The number of hydrogen-bond acceptors (Lipinski definition) is 4. The van der Waals surface area contributed by atoms with Crippen molar-refractivity contribution in [2.24, 2.45) is 5.73 Å². The van der Waals surface area contributed by atoms with E-state index in [0.29, 0.717) is 5.56 Å². The minimum atomic E-state index is -0.437. The molecule has 1 aliphatic heterocycles. The number of aromatic nitrogens is 2. The molecule has 4 rings (SSSR count). The summed E-state index contributed by atoms with van der Waals surface area (Å²) in [6, 6.07) is 9.81. The van der Waals surface area contributed by atoms with E-state index in [2.05, 4.69) is 9.88 Å². The Morgan fingerprint density at radius 2 is 1.88 bits per heavy atom. The average molecular weight is 336 g/mol. The summed E-state index contributed by atoms with van der Waals surface area (Å²) >= 11 is 0. The van der Waals surface area contributed by atoms with Crippen LogP contribution < -0.4 is 15.4 Å². The van der Waals surface area contributed by atoms with Gasteiger partial charge in [-0.1, -0.05) is 0 Å². The predicted octanol–water partition coefficient (Wildman–Crippen LogP) is 2.73. The molecule has 1 amide bonds. The summed E-state index contributed by atoms with van der Waals surface area (Å²) in [6.07, 6.45) is 5.82. The van der Waals surface area contributed by atoms with Crippen molar-refractivity contribution >= 4 is 22.6 Å². The largest absolute Gasteiger partial charge is 0.497 e. The molecule has 0 unspecified atom stereocenters. The van der Waals surface area contributed by atoms with Crippen LogP contribution in [0.1, 0.15) is 23.2 Å². The summed E-state index contributed by atoms with van der Waals surface area (Å²) in [5.41, 5.74) is 8.79. The van der Waals surface area contributed by atoms with Crippen LogP contribution in [0, 0.1) is 0 Å². The van der Waals surface area contributed by atoms with Crippen LogP contribution >= 0.6 is 0 Å². The van der Waals surface area contributed by atoms with Crippen LogP contribution in [0.15, 0.2) is 42.7 Å². The molecule has 1 fully saturated rings. The number of hydrogen-bond donors (Lipinski definition) is 1. The Balaban J connectivity index is 1.88. The van der Waals surface area contributed by atoms with Crippen LogP contribution in [-0.2, 0) is 0 Å². The number of pyridine rings is 1. The fourth-order valence-electron chi connectivity index (χ4n) is 3.49. The monoisotopic (exact) mass is 336 g/mol. The van der Waals surface area contributed by atoms with Crippen LogP contribution in [0.5, 0.6) is 5.75 Å². The van der Waals surface area contributed by atoms with Crippen molar-refractivity contribution in [3.8, 4) is 11.4 Å². The quantitative estimate of drug-likeness (QED) is 0.795. The third-order valence-electron chi connectivity index (χ3n) is 4.72. The Labute approximate surface area is 145 Å². The molecule has 1 saturated heterocycles. The number of primary amides is 1. The Morgan fingerprint density at radius 1 is 1.16 bits per heavy atom. The number of rotatable bonds is 4. The maximum Gasteiger partial charge on any atom is 0.252 e. The molecule has 6 nitrogen and oxygen atoms in total. The van der Waals surface area contributed by atoms with Crippen molar-refractivity contribution in [1.29, 1.82) is 0 Å². The summed E-state index contributed by atoms with van der Waals surface area (Å²) in [5, 5.41) is 0.953. The molecule has 6 heteroatoms. The van der Waals surface area contributed by atoms with Gasteiger partial charge in [-0.05, 0) is 43.2 Å². The Morgan fingerprint density at radius 3 is 2.52 bits per heavy atom. The molecular weight excluding hydrogens is 316 g/mol. The van der Waals surface area contributed by atoms with Crippen LogP contribution in [0.2, 0.25) is 0 Å². The number of anilines is 1. The van der Waals surface area contributed by atoms with Gasteiger partial charge >= 0.3 is 0 Å². The second-order valence-corrected chi connectivity index (χ2v) is 6.20. The highest BCUT2D eigenvalue weighted by molar-refractivity contribution is 6.06. The number of methoxy groups -OCH3 is 1. The van der Waals surface area contributed by atoms with Gasteiger partial charge in [0.05, 0.1) is 18.4 Å². The first-order valence-corrected chi connectivity index (χ1v) is 8.38. The summed E-state index contributed by atoms with van der Waals surface area (Å²) < 4.78 is 7.23. The standard InChI is InChI=1S/C19H20N4O2/c1-25-14-6-4-13(5-7-14)23-11-8-15-17(22-9-2-3-10-22)16(18(20)24)12-21-19(15)23/h4-8,11-12H,2-3,9-10H2,1H3,(H2,20,24). The van der Waals surface area contributed by atoms with Gasteiger partial charge in [-0.15, -0.1) is 0 Å². The van der Waals surface area contributed by atoms with Gasteiger partial charge in [-0.3, -0.25) is 4.79 Å². The van der Waals surface area contributed by atoms with E-state index in [1.165, 1.54) is 0 Å². The number of nitrogens with zero attached hydrogens (tertiary/aromatic N) is 3. The molecule has 0 saturated carbocycles. The number of amides is 1. The molecule has 0 aliphatic carbocycles. The van der Waals surface area contributed by atoms with Gasteiger partial charge in [0, 0.05) is 36.6 Å². The van der Waals surface area contributed by atoms with E-state index < -0.39 is 5.91 Å². The zero-order chi connectivity index (χ0) is 17.4. The Bertz CT molecular complexity index is 924. The molecule has 0 radical (unpaired) electrons. The van der Waals surface area contributed by atoms with Crippen LogP contribution in [0.3, 0.4) is 0 Å². The van der Waals surface area contributed by atoms with Crippen molar-refractivity contribution < 1.29 is 9.53 Å². The maximum atomic E-state index is 11.9. The zero-order valence-corrected chi connectivity index (χ0v) is 14.1. The lowest BCUT2D eigenvalue weighted by molar-refractivity contribution is 0.100. The highest BCUT2D eigenvalue weighted by Gasteiger charge is 2.23. The lowest BCUT2D eigenvalue weighted by Gasteiger charge is -2.21. The van der Waals surface area contributed by atoms with Crippen molar-refractivity contribution in [3.05, 3.63) is 48.3 Å². The second-order valence-electron chi connectivity index (χ2n) is 6.20. The van der Waals surface area contributed by atoms with E-state index >= 15 is 0 Å². The van der Waals surface area contributed by atoms with E-state index in [0.717, 1.165) is 54.1 Å². The molecule has 2 N–H and O–H groups in total.